The van der Waals surface area contributed by atoms with Gasteiger partial charge < -0.3 is 4.74 Å². The molecular formula is C18H18BrN3O3. The molecular weight excluding hydrogens is 386 g/mol. The Bertz CT molecular complexity index is 769. The summed E-state index contributed by atoms with van der Waals surface area (Å²) in [6, 6.07) is 14.7. The number of amides is 2. The summed E-state index contributed by atoms with van der Waals surface area (Å²) in [6.07, 6.45) is -0.480. The van der Waals surface area contributed by atoms with Gasteiger partial charge in [-0.1, -0.05) is 36.4 Å². The van der Waals surface area contributed by atoms with E-state index in [0.717, 1.165) is 5.56 Å². The summed E-state index contributed by atoms with van der Waals surface area (Å²) in [6.45, 7) is 2.43. The lowest BCUT2D eigenvalue weighted by Gasteiger charge is -2.38. The highest BCUT2D eigenvalue weighted by atomic mass is 79.9. The summed E-state index contributed by atoms with van der Waals surface area (Å²) >= 11 is 3.31. The minimum absolute atomic E-state index is 0.0248. The molecule has 0 N–H and O–H groups in total. The number of ether oxygens (including phenoxy) is 1. The van der Waals surface area contributed by atoms with Gasteiger partial charge in [0.1, 0.15) is 23.6 Å². The predicted molar refractivity (Wildman–Crippen MR) is 97.1 cm³/mol. The zero-order chi connectivity index (χ0) is 17.8. The number of anilines is 1. The molecule has 0 bridgehead atoms. The fourth-order valence-electron chi connectivity index (χ4n) is 2.67. The molecule has 6 nitrogen and oxygen atoms in total. The van der Waals surface area contributed by atoms with Gasteiger partial charge in [-0.05, 0) is 40.5 Å². The molecule has 130 valence electrons. The van der Waals surface area contributed by atoms with Crippen LogP contribution in [-0.2, 0) is 16.1 Å². The van der Waals surface area contributed by atoms with E-state index in [-0.39, 0.29) is 25.1 Å². The number of pyridine rings is 1. The number of carbonyl (C=O) groups is 2. The Labute approximate surface area is 154 Å². The maximum absolute atomic E-state index is 12.5. The van der Waals surface area contributed by atoms with Crippen LogP contribution in [0.15, 0.2) is 53.1 Å². The second kappa shape index (κ2) is 7.65. The largest absolute Gasteiger partial charge is 0.445 e. The van der Waals surface area contributed by atoms with E-state index < -0.39 is 6.09 Å². The lowest BCUT2D eigenvalue weighted by Crippen LogP contribution is -2.57. The summed E-state index contributed by atoms with van der Waals surface area (Å²) < 4.78 is 6.00. The van der Waals surface area contributed by atoms with E-state index in [0.29, 0.717) is 17.0 Å². The third-order valence-corrected chi connectivity index (χ3v) is 4.44. The van der Waals surface area contributed by atoms with Crippen LogP contribution >= 0.6 is 15.9 Å². The summed E-state index contributed by atoms with van der Waals surface area (Å²) in [5, 5.41) is 0. The SMILES string of the molecule is C[C@@H]1CN(c2cccc(Br)n2)C(=O)CN1C(=O)OCc1ccccc1. The quantitative estimate of drug-likeness (QED) is 0.738. The topological polar surface area (TPSA) is 62.7 Å². The Morgan fingerprint density at radius 2 is 2.00 bits per heavy atom. The Hall–Kier alpha value is -2.41. The van der Waals surface area contributed by atoms with Gasteiger partial charge in [0.2, 0.25) is 5.91 Å². The zero-order valence-electron chi connectivity index (χ0n) is 13.8. The molecule has 3 rings (SSSR count). The first-order chi connectivity index (χ1) is 12.0. The number of rotatable bonds is 3. The van der Waals surface area contributed by atoms with Crippen molar-refractivity contribution in [2.24, 2.45) is 0 Å². The van der Waals surface area contributed by atoms with Crippen molar-refractivity contribution in [3.05, 3.63) is 58.7 Å². The smallest absolute Gasteiger partial charge is 0.410 e. The van der Waals surface area contributed by atoms with E-state index in [1.54, 1.807) is 17.0 Å². The molecule has 0 saturated carbocycles. The van der Waals surface area contributed by atoms with Crippen LogP contribution < -0.4 is 4.90 Å². The van der Waals surface area contributed by atoms with Crippen molar-refractivity contribution in [3.63, 3.8) is 0 Å². The number of hydrogen-bond acceptors (Lipinski definition) is 4. The van der Waals surface area contributed by atoms with Crippen LogP contribution in [0.1, 0.15) is 12.5 Å². The van der Waals surface area contributed by atoms with Gasteiger partial charge in [0.15, 0.2) is 0 Å². The van der Waals surface area contributed by atoms with Crippen LogP contribution in [0.3, 0.4) is 0 Å². The van der Waals surface area contributed by atoms with Crippen LogP contribution in [0, 0.1) is 0 Å². The zero-order valence-corrected chi connectivity index (χ0v) is 15.3. The Morgan fingerprint density at radius 1 is 1.24 bits per heavy atom. The second-order valence-corrected chi connectivity index (χ2v) is 6.65. The fourth-order valence-corrected chi connectivity index (χ4v) is 3.00. The van der Waals surface area contributed by atoms with E-state index in [4.69, 9.17) is 4.74 Å². The number of aromatic nitrogens is 1. The van der Waals surface area contributed by atoms with Crippen molar-refractivity contribution in [3.8, 4) is 0 Å². The van der Waals surface area contributed by atoms with Crippen LogP contribution in [0.25, 0.3) is 0 Å². The van der Waals surface area contributed by atoms with Gasteiger partial charge in [0, 0.05) is 6.54 Å². The molecule has 2 aromatic rings. The van der Waals surface area contributed by atoms with Crippen molar-refractivity contribution in [1.82, 2.24) is 9.88 Å². The first kappa shape index (κ1) is 17.4. The van der Waals surface area contributed by atoms with Crippen molar-refractivity contribution < 1.29 is 14.3 Å². The summed E-state index contributed by atoms with van der Waals surface area (Å²) in [4.78, 5) is 32.2. The van der Waals surface area contributed by atoms with Crippen molar-refractivity contribution >= 4 is 33.7 Å². The molecule has 2 heterocycles. The molecule has 1 atom stereocenters. The number of halogens is 1. The third-order valence-electron chi connectivity index (χ3n) is 4.00. The maximum atomic E-state index is 12.5. The third kappa shape index (κ3) is 4.17. The lowest BCUT2D eigenvalue weighted by atomic mass is 10.2. The molecule has 1 aromatic carbocycles. The lowest BCUT2D eigenvalue weighted by molar-refractivity contribution is -0.121. The molecule has 7 heteroatoms. The van der Waals surface area contributed by atoms with Gasteiger partial charge in [0.25, 0.3) is 0 Å². The molecule has 1 fully saturated rings. The molecule has 0 spiro atoms. The molecule has 1 aliphatic rings. The van der Waals surface area contributed by atoms with Crippen molar-refractivity contribution in [2.45, 2.75) is 19.6 Å². The van der Waals surface area contributed by atoms with Crippen LogP contribution in [-0.4, -0.2) is 41.0 Å². The average molecular weight is 404 g/mol. The molecule has 0 aliphatic carbocycles. The van der Waals surface area contributed by atoms with E-state index >= 15 is 0 Å². The summed E-state index contributed by atoms with van der Waals surface area (Å²) in [5.74, 6) is 0.392. The monoisotopic (exact) mass is 403 g/mol. The van der Waals surface area contributed by atoms with Crippen LogP contribution in [0.5, 0.6) is 0 Å². The summed E-state index contributed by atoms with van der Waals surface area (Å²) in [5.41, 5.74) is 0.909. The van der Waals surface area contributed by atoms with E-state index in [2.05, 4.69) is 20.9 Å². The van der Waals surface area contributed by atoms with Crippen LogP contribution in [0.2, 0.25) is 0 Å². The molecule has 1 aliphatic heterocycles. The molecule has 1 aromatic heterocycles. The van der Waals surface area contributed by atoms with E-state index in [1.165, 1.54) is 4.90 Å². The number of benzene rings is 1. The minimum Gasteiger partial charge on any atom is -0.445 e. The van der Waals surface area contributed by atoms with Gasteiger partial charge in [-0.2, -0.15) is 0 Å². The molecule has 0 unspecified atom stereocenters. The standard InChI is InChI=1S/C18H18BrN3O3/c1-13-10-22(16-9-5-8-15(19)20-16)17(23)11-21(13)18(24)25-12-14-6-3-2-4-7-14/h2-9,13H,10-12H2,1H3/t13-/m1/s1. The number of hydrogen-bond donors (Lipinski definition) is 0. The minimum atomic E-state index is -0.480. The van der Waals surface area contributed by atoms with Gasteiger partial charge >= 0.3 is 6.09 Å². The first-order valence-corrected chi connectivity index (χ1v) is 8.74. The number of piperazine rings is 1. The highest BCUT2D eigenvalue weighted by Crippen LogP contribution is 2.20. The fraction of sp³-hybridized carbons (Fsp3) is 0.278. The Kier molecular flexibility index (Phi) is 5.33. The van der Waals surface area contributed by atoms with E-state index in [1.807, 2.05) is 43.3 Å². The predicted octanol–water partition coefficient (Wildman–Crippen LogP) is 3.22. The van der Waals surface area contributed by atoms with E-state index in [9.17, 15) is 9.59 Å². The first-order valence-electron chi connectivity index (χ1n) is 7.95. The number of carbonyl (C=O) groups excluding carboxylic acids is 2. The Morgan fingerprint density at radius 3 is 2.72 bits per heavy atom. The van der Waals surface area contributed by atoms with Crippen molar-refractivity contribution in [2.75, 3.05) is 18.0 Å². The van der Waals surface area contributed by atoms with Crippen molar-refractivity contribution in [1.29, 1.82) is 0 Å². The van der Waals surface area contributed by atoms with Gasteiger partial charge in [0.05, 0.1) is 6.04 Å². The molecule has 2 amide bonds. The van der Waals surface area contributed by atoms with Gasteiger partial charge in [-0.15, -0.1) is 0 Å². The number of nitrogens with zero attached hydrogens (tertiary/aromatic N) is 3. The summed E-state index contributed by atoms with van der Waals surface area (Å²) in [7, 11) is 0. The molecule has 0 radical (unpaired) electrons. The molecule has 25 heavy (non-hydrogen) atoms. The Balaban J connectivity index is 1.63. The van der Waals surface area contributed by atoms with Gasteiger partial charge in [-0.25, -0.2) is 9.78 Å². The normalized spacial score (nSPS) is 17.5. The average Bonchev–Trinajstić information content (AvgIpc) is 2.62. The van der Waals surface area contributed by atoms with Gasteiger partial charge in [-0.3, -0.25) is 14.6 Å². The molecule has 1 saturated heterocycles. The van der Waals surface area contributed by atoms with Crippen LogP contribution in [0.4, 0.5) is 10.6 Å². The highest BCUT2D eigenvalue weighted by Gasteiger charge is 2.34. The maximum Gasteiger partial charge on any atom is 0.410 e. The second-order valence-electron chi connectivity index (χ2n) is 5.84. The highest BCUT2D eigenvalue weighted by molar-refractivity contribution is 9.10.